The van der Waals surface area contributed by atoms with E-state index in [0.29, 0.717) is 13.0 Å². The number of nitrogens with two attached hydrogens (primary N) is 1. The Bertz CT molecular complexity index is 400. The smallest absolute Gasteiger partial charge is 0.313 e. The lowest BCUT2D eigenvalue weighted by atomic mass is 9.88. The van der Waals surface area contributed by atoms with Crippen molar-refractivity contribution in [2.45, 2.75) is 26.9 Å². The monoisotopic (exact) mass is 251 g/mol. The van der Waals surface area contributed by atoms with E-state index < -0.39 is 5.41 Å². The molecule has 1 rings (SSSR count). The topological polar surface area (TPSA) is 61.6 Å². The average molecular weight is 251 g/mol. The molecule has 1 atom stereocenters. The van der Waals surface area contributed by atoms with E-state index in [0.717, 1.165) is 11.3 Å². The number of ether oxygens (including phenoxy) is 2. The number of methoxy groups -OCH3 is 1. The molecule has 0 radical (unpaired) electrons. The molecule has 4 heteroatoms. The Kier molecular flexibility index (Phi) is 5.16. The van der Waals surface area contributed by atoms with Crippen LogP contribution in [0, 0.1) is 5.41 Å². The second-order valence-electron chi connectivity index (χ2n) is 4.55. The van der Waals surface area contributed by atoms with Gasteiger partial charge in [-0.25, -0.2) is 0 Å². The van der Waals surface area contributed by atoms with Crippen LogP contribution < -0.4 is 10.5 Å². The van der Waals surface area contributed by atoms with E-state index in [9.17, 15) is 4.79 Å². The first-order valence-electron chi connectivity index (χ1n) is 6.06. The molecular weight excluding hydrogens is 230 g/mol. The van der Waals surface area contributed by atoms with Crippen molar-refractivity contribution >= 4 is 5.97 Å². The van der Waals surface area contributed by atoms with Gasteiger partial charge in [-0.2, -0.15) is 0 Å². The molecule has 0 aromatic heterocycles. The molecule has 100 valence electrons. The van der Waals surface area contributed by atoms with E-state index >= 15 is 0 Å². The third-order valence-corrected chi connectivity index (χ3v) is 3.23. The standard InChI is InChI=1S/C14H21NO3/c1-4-14(2,10-15)13(16)18-9-11-6-5-7-12(8-11)17-3/h5-8H,4,9-10,15H2,1-3H3. The predicted octanol–water partition coefficient (Wildman–Crippen LogP) is 2.11. The third-order valence-electron chi connectivity index (χ3n) is 3.23. The number of hydrogen-bond acceptors (Lipinski definition) is 4. The molecule has 0 bridgehead atoms. The Hall–Kier alpha value is -1.55. The van der Waals surface area contributed by atoms with Gasteiger partial charge in [0, 0.05) is 6.54 Å². The molecule has 1 unspecified atom stereocenters. The van der Waals surface area contributed by atoms with Crippen molar-refractivity contribution in [2.24, 2.45) is 11.1 Å². The molecule has 0 fully saturated rings. The van der Waals surface area contributed by atoms with Crippen LogP contribution in [0.5, 0.6) is 5.75 Å². The van der Waals surface area contributed by atoms with Gasteiger partial charge >= 0.3 is 5.97 Å². The fourth-order valence-corrected chi connectivity index (χ4v) is 1.46. The minimum Gasteiger partial charge on any atom is -0.497 e. The quantitative estimate of drug-likeness (QED) is 0.787. The van der Waals surface area contributed by atoms with Gasteiger partial charge in [0.15, 0.2) is 0 Å². The van der Waals surface area contributed by atoms with E-state index in [1.54, 1.807) is 7.11 Å². The maximum absolute atomic E-state index is 11.9. The predicted molar refractivity (Wildman–Crippen MR) is 70.2 cm³/mol. The minimum absolute atomic E-state index is 0.242. The maximum Gasteiger partial charge on any atom is 0.313 e. The summed E-state index contributed by atoms with van der Waals surface area (Å²) >= 11 is 0. The summed E-state index contributed by atoms with van der Waals surface area (Å²) in [5, 5.41) is 0. The van der Waals surface area contributed by atoms with Crippen LogP contribution in [-0.2, 0) is 16.1 Å². The van der Waals surface area contributed by atoms with Crippen LogP contribution >= 0.6 is 0 Å². The molecule has 0 aliphatic heterocycles. The van der Waals surface area contributed by atoms with Gasteiger partial charge < -0.3 is 15.2 Å². The Morgan fingerprint density at radius 2 is 2.17 bits per heavy atom. The molecule has 1 aromatic carbocycles. The molecule has 4 nitrogen and oxygen atoms in total. The summed E-state index contributed by atoms with van der Waals surface area (Å²) in [5.41, 5.74) is 5.91. The van der Waals surface area contributed by atoms with Crippen molar-refractivity contribution in [3.8, 4) is 5.75 Å². The summed E-state index contributed by atoms with van der Waals surface area (Å²) in [7, 11) is 1.60. The highest BCUT2D eigenvalue weighted by Crippen LogP contribution is 2.22. The van der Waals surface area contributed by atoms with Gasteiger partial charge in [0.25, 0.3) is 0 Å². The lowest BCUT2D eigenvalue weighted by Gasteiger charge is -2.23. The SMILES string of the molecule is CCC(C)(CN)C(=O)OCc1cccc(OC)c1. The number of carbonyl (C=O) groups is 1. The van der Waals surface area contributed by atoms with Gasteiger partial charge in [-0.15, -0.1) is 0 Å². The molecule has 0 aliphatic rings. The number of benzene rings is 1. The summed E-state index contributed by atoms with van der Waals surface area (Å²) in [6, 6.07) is 7.45. The average Bonchev–Trinajstić information content (AvgIpc) is 2.43. The number of rotatable bonds is 6. The van der Waals surface area contributed by atoms with Crippen molar-refractivity contribution in [1.82, 2.24) is 0 Å². The molecule has 1 aromatic rings. The summed E-state index contributed by atoms with van der Waals surface area (Å²) < 4.78 is 10.4. The second kappa shape index (κ2) is 6.40. The number of esters is 1. The lowest BCUT2D eigenvalue weighted by molar-refractivity contribution is -0.156. The van der Waals surface area contributed by atoms with Crippen LogP contribution in [0.4, 0.5) is 0 Å². The third kappa shape index (κ3) is 3.47. The zero-order chi connectivity index (χ0) is 13.6. The van der Waals surface area contributed by atoms with Crippen LogP contribution in [0.15, 0.2) is 24.3 Å². The summed E-state index contributed by atoms with van der Waals surface area (Å²) in [6.07, 6.45) is 0.667. The van der Waals surface area contributed by atoms with Crippen LogP contribution in [0.3, 0.4) is 0 Å². The van der Waals surface area contributed by atoms with Gasteiger partial charge in [-0.3, -0.25) is 4.79 Å². The summed E-state index contributed by atoms with van der Waals surface area (Å²) in [6.45, 7) is 4.28. The lowest BCUT2D eigenvalue weighted by Crippen LogP contribution is -2.36. The van der Waals surface area contributed by atoms with Crippen molar-refractivity contribution in [2.75, 3.05) is 13.7 Å². The Labute approximate surface area is 108 Å². The minimum atomic E-state index is -0.598. The first-order chi connectivity index (χ1) is 8.55. The van der Waals surface area contributed by atoms with Gasteiger partial charge in [0.1, 0.15) is 12.4 Å². The van der Waals surface area contributed by atoms with Gasteiger partial charge in [-0.1, -0.05) is 19.1 Å². The highest BCUT2D eigenvalue weighted by atomic mass is 16.5. The van der Waals surface area contributed by atoms with E-state index in [2.05, 4.69) is 0 Å². The molecule has 0 heterocycles. The van der Waals surface area contributed by atoms with Gasteiger partial charge in [0.05, 0.1) is 12.5 Å². The molecule has 18 heavy (non-hydrogen) atoms. The van der Waals surface area contributed by atoms with Crippen LogP contribution in [0.2, 0.25) is 0 Å². The van der Waals surface area contributed by atoms with Crippen LogP contribution in [0.25, 0.3) is 0 Å². The molecule has 0 saturated carbocycles. The van der Waals surface area contributed by atoms with E-state index in [1.165, 1.54) is 0 Å². The Morgan fingerprint density at radius 3 is 2.72 bits per heavy atom. The first kappa shape index (κ1) is 14.5. The fraction of sp³-hybridized carbons (Fsp3) is 0.500. The highest BCUT2D eigenvalue weighted by Gasteiger charge is 2.31. The molecule has 2 N–H and O–H groups in total. The highest BCUT2D eigenvalue weighted by molar-refractivity contribution is 5.76. The van der Waals surface area contributed by atoms with Crippen molar-refractivity contribution in [3.05, 3.63) is 29.8 Å². The molecule has 0 aliphatic carbocycles. The van der Waals surface area contributed by atoms with E-state index in [-0.39, 0.29) is 12.6 Å². The first-order valence-corrected chi connectivity index (χ1v) is 6.06. The zero-order valence-corrected chi connectivity index (χ0v) is 11.2. The molecule has 0 spiro atoms. The van der Waals surface area contributed by atoms with E-state index in [1.807, 2.05) is 38.1 Å². The van der Waals surface area contributed by atoms with Crippen LogP contribution in [0.1, 0.15) is 25.8 Å². The number of carbonyl (C=O) groups excluding carboxylic acids is 1. The largest absolute Gasteiger partial charge is 0.497 e. The van der Waals surface area contributed by atoms with Crippen LogP contribution in [-0.4, -0.2) is 19.6 Å². The summed E-state index contributed by atoms with van der Waals surface area (Å²) in [4.78, 5) is 11.9. The summed E-state index contributed by atoms with van der Waals surface area (Å²) in [5.74, 6) is 0.496. The maximum atomic E-state index is 11.9. The van der Waals surface area contributed by atoms with E-state index in [4.69, 9.17) is 15.2 Å². The van der Waals surface area contributed by atoms with Crippen molar-refractivity contribution in [1.29, 1.82) is 0 Å². The number of hydrogen-bond donors (Lipinski definition) is 1. The second-order valence-corrected chi connectivity index (χ2v) is 4.55. The Morgan fingerprint density at radius 1 is 1.44 bits per heavy atom. The molecule has 0 amide bonds. The van der Waals surface area contributed by atoms with Crippen molar-refractivity contribution in [3.63, 3.8) is 0 Å². The van der Waals surface area contributed by atoms with Gasteiger partial charge in [-0.05, 0) is 31.0 Å². The fourth-order valence-electron chi connectivity index (χ4n) is 1.46. The zero-order valence-electron chi connectivity index (χ0n) is 11.2. The normalized spacial score (nSPS) is 13.8. The Balaban J connectivity index is 2.62. The molecular formula is C14H21NO3. The van der Waals surface area contributed by atoms with Gasteiger partial charge in [0.2, 0.25) is 0 Å². The molecule has 0 saturated heterocycles. The van der Waals surface area contributed by atoms with Crippen molar-refractivity contribution < 1.29 is 14.3 Å².